The molecule has 0 radical (unpaired) electrons. The molecule has 0 bridgehead atoms. The molecule has 4 aromatic carbocycles. The number of hydrogen-bond acceptors (Lipinski definition) is 10. The number of carbonyl (C=O) groups is 4. The van der Waals surface area contributed by atoms with Crippen molar-refractivity contribution in [2.45, 2.75) is 19.1 Å². The van der Waals surface area contributed by atoms with Crippen LogP contribution in [0.4, 0.5) is 17.1 Å². The zero-order valence-electron chi connectivity index (χ0n) is 24.5. The fourth-order valence-corrected chi connectivity index (χ4v) is 3.91. The van der Waals surface area contributed by atoms with E-state index in [1.165, 1.54) is 62.8 Å². The van der Waals surface area contributed by atoms with Gasteiger partial charge in [0.1, 0.15) is 11.5 Å². The molecule has 4 aromatic rings. The van der Waals surface area contributed by atoms with E-state index in [9.17, 15) is 24.3 Å². The van der Waals surface area contributed by atoms with Gasteiger partial charge in [-0.25, -0.2) is 14.4 Å². The van der Waals surface area contributed by atoms with Gasteiger partial charge in [-0.1, -0.05) is 29.8 Å². The van der Waals surface area contributed by atoms with E-state index in [4.69, 9.17) is 18.9 Å². The Hall–Kier alpha value is -6.04. The number of nitrogens with zero attached hydrogens (tertiary/aromatic N) is 2. The number of anilines is 1. The van der Waals surface area contributed by atoms with E-state index in [-0.39, 0.29) is 16.8 Å². The van der Waals surface area contributed by atoms with Crippen LogP contribution in [0.3, 0.4) is 0 Å². The van der Waals surface area contributed by atoms with Crippen molar-refractivity contribution in [1.82, 2.24) is 0 Å². The molecule has 0 spiro atoms. The van der Waals surface area contributed by atoms with Crippen molar-refractivity contribution in [2.24, 2.45) is 10.2 Å². The van der Waals surface area contributed by atoms with Crippen LogP contribution < -0.4 is 14.8 Å². The Morgan fingerprint density at radius 3 is 1.60 bits per heavy atom. The summed E-state index contributed by atoms with van der Waals surface area (Å²) in [5.41, 5.74) is 2.36. The van der Waals surface area contributed by atoms with Crippen LogP contribution in [0.1, 0.15) is 26.3 Å². The molecule has 12 nitrogen and oxygen atoms in total. The minimum absolute atomic E-state index is 0.0290. The van der Waals surface area contributed by atoms with Gasteiger partial charge in [0.05, 0.1) is 36.7 Å². The molecule has 0 unspecified atom stereocenters. The number of ether oxygens (including phenoxy) is 4. The number of hydrogen-bond donors (Lipinski definition) is 2. The Morgan fingerprint density at radius 1 is 0.667 bits per heavy atom. The van der Waals surface area contributed by atoms with Gasteiger partial charge in [-0.3, -0.25) is 4.79 Å². The summed E-state index contributed by atoms with van der Waals surface area (Å²) in [4.78, 5) is 51.8. The lowest BCUT2D eigenvalue weighted by atomic mass is 10.1. The van der Waals surface area contributed by atoms with E-state index in [0.717, 1.165) is 5.56 Å². The number of benzene rings is 4. The molecule has 0 saturated heterocycles. The standard InChI is InChI=1S/C33H29N3O9/c1-20-10-12-24(13-11-20)35-36-25-16-14-23(15-17-25)34-30(37)28(44-32(40)21-6-4-8-26(18-21)42-2)29(31(38)39)45-33(41)22-7-5-9-27(19-22)43-3/h4-19,28-29H,1-3H3,(H,34,37)(H,38,39)/t28-,29-/m1/s1. The molecular formula is C33H29N3O9. The number of esters is 2. The summed E-state index contributed by atoms with van der Waals surface area (Å²) in [5.74, 6) is -4.28. The second-order valence-corrected chi connectivity index (χ2v) is 9.53. The van der Waals surface area contributed by atoms with Gasteiger partial charge in [0.2, 0.25) is 12.2 Å². The third-order valence-corrected chi connectivity index (χ3v) is 6.31. The molecule has 4 rings (SSSR count). The van der Waals surface area contributed by atoms with Crippen molar-refractivity contribution in [3.05, 3.63) is 114 Å². The highest BCUT2D eigenvalue weighted by molar-refractivity contribution is 6.01. The predicted octanol–water partition coefficient (Wildman–Crippen LogP) is 5.90. The second kappa shape index (κ2) is 14.9. The maximum Gasteiger partial charge on any atom is 0.349 e. The Labute approximate surface area is 258 Å². The minimum Gasteiger partial charge on any atom is -0.497 e. The second-order valence-electron chi connectivity index (χ2n) is 9.53. The fraction of sp³-hybridized carbons (Fsp3) is 0.152. The molecule has 0 aliphatic heterocycles. The molecule has 2 N–H and O–H groups in total. The van der Waals surface area contributed by atoms with Crippen LogP contribution in [0, 0.1) is 6.92 Å². The third kappa shape index (κ3) is 8.74. The average molecular weight is 612 g/mol. The SMILES string of the molecule is COc1cccc(C(=O)O[C@@H](C(=O)O)[C@@H](OC(=O)c2cccc(OC)c2)C(=O)Nc2ccc(N=Nc3ccc(C)cc3)cc2)c1. The first-order chi connectivity index (χ1) is 21.7. The monoisotopic (exact) mass is 611 g/mol. The van der Waals surface area contributed by atoms with Crippen LogP contribution in [-0.2, 0) is 19.1 Å². The Balaban J connectivity index is 1.57. The molecule has 0 saturated carbocycles. The lowest BCUT2D eigenvalue weighted by Gasteiger charge is -2.23. The van der Waals surface area contributed by atoms with Gasteiger partial charge in [-0.05, 0) is 79.7 Å². The molecule has 0 aliphatic carbocycles. The fourth-order valence-electron chi connectivity index (χ4n) is 3.91. The summed E-state index contributed by atoms with van der Waals surface area (Å²) < 4.78 is 20.8. The van der Waals surface area contributed by atoms with Crippen LogP contribution in [0.15, 0.2) is 107 Å². The van der Waals surface area contributed by atoms with Crippen LogP contribution >= 0.6 is 0 Å². The van der Waals surface area contributed by atoms with Crippen molar-refractivity contribution in [3.63, 3.8) is 0 Å². The lowest BCUT2D eigenvalue weighted by Crippen LogP contribution is -2.48. The number of azo groups is 1. The topological polar surface area (TPSA) is 162 Å². The van der Waals surface area contributed by atoms with Gasteiger partial charge < -0.3 is 29.4 Å². The molecule has 0 heterocycles. The van der Waals surface area contributed by atoms with Gasteiger partial charge in [0.15, 0.2) is 0 Å². The maximum atomic E-state index is 13.5. The van der Waals surface area contributed by atoms with Crippen molar-refractivity contribution < 1.29 is 43.2 Å². The summed E-state index contributed by atoms with van der Waals surface area (Å²) in [7, 11) is 2.79. The number of methoxy groups -OCH3 is 2. The zero-order valence-corrected chi connectivity index (χ0v) is 24.5. The number of aliphatic carboxylic acids is 1. The highest BCUT2D eigenvalue weighted by Gasteiger charge is 2.41. The highest BCUT2D eigenvalue weighted by Crippen LogP contribution is 2.23. The van der Waals surface area contributed by atoms with Crippen molar-refractivity contribution >= 4 is 40.9 Å². The van der Waals surface area contributed by atoms with Crippen LogP contribution in [0.25, 0.3) is 0 Å². The number of carboxylic acids is 1. The number of amides is 1. The largest absolute Gasteiger partial charge is 0.497 e. The van der Waals surface area contributed by atoms with Crippen LogP contribution in [0.5, 0.6) is 11.5 Å². The lowest BCUT2D eigenvalue weighted by molar-refractivity contribution is -0.157. The molecule has 1 amide bonds. The molecule has 2 atom stereocenters. The van der Waals surface area contributed by atoms with E-state index in [0.29, 0.717) is 22.9 Å². The summed E-state index contributed by atoms with van der Waals surface area (Å²) in [6, 6.07) is 25.2. The van der Waals surface area contributed by atoms with E-state index < -0.39 is 36.0 Å². The number of aryl methyl sites for hydroxylation is 1. The van der Waals surface area contributed by atoms with Crippen LogP contribution in [0.2, 0.25) is 0 Å². The molecule has 12 heteroatoms. The van der Waals surface area contributed by atoms with E-state index in [1.54, 1.807) is 24.3 Å². The number of carboxylic acid groups (broad SMARTS) is 1. The van der Waals surface area contributed by atoms with Gasteiger partial charge in [0.25, 0.3) is 5.91 Å². The molecule has 0 aromatic heterocycles. The summed E-state index contributed by atoms with van der Waals surface area (Å²) in [6.07, 6.45) is -4.32. The number of rotatable bonds is 12. The quantitative estimate of drug-likeness (QED) is 0.147. The zero-order chi connectivity index (χ0) is 32.3. The van der Waals surface area contributed by atoms with E-state index >= 15 is 0 Å². The Morgan fingerprint density at radius 2 is 1.13 bits per heavy atom. The van der Waals surface area contributed by atoms with E-state index in [1.807, 2.05) is 31.2 Å². The van der Waals surface area contributed by atoms with Crippen molar-refractivity contribution in [2.75, 3.05) is 19.5 Å². The predicted molar refractivity (Wildman–Crippen MR) is 162 cm³/mol. The summed E-state index contributed by atoms with van der Waals surface area (Å²) in [5, 5.41) is 20.8. The minimum atomic E-state index is -2.22. The molecule has 230 valence electrons. The van der Waals surface area contributed by atoms with E-state index in [2.05, 4.69) is 15.5 Å². The normalized spacial score (nSPS) is 12.1. The van der Waals surface area contributed by atoms with Crippen molar-refractivity contribution in [3.8, 4) is 11.5 Å². The van der Waals surface area contributed by atoms with Gasteiger partial charge >= 0.3 is 17.9 Å². The average Bonchev–Trinajstić information content (AvgIpc) is 3.06. The first-order valence-electron chi connectivity index (χ1n) is 13.5. The molecule has 0 fully saturated rings. The first kappa shape index (κ1) is 31.9. The summed E-state index contributed by atoms with van der Waals surface area (Å²) >= 11 is 0. The number of carbonyl (C=O) groups excluding carboxylic acids is 3. The van der Waals surface area contributed by atoms with Crippen molar-refractivity contribution in [1.29, 1.82) is 0 Å². The molecule has 45 heavy (non-hydrogen) atoms. The third-order valence-electron chi connectivity index (χ3n) is 6.31. The van der Waals surface area contributed by atoms with Crippen LogP contribution in [-0.4, -0.2) is 55.3 Å². The number of nitrogens with one attached hydrogen (secondary N) is 1. The summed E-state index contributed by atoms with van der Waals surface area (Å²) in [6.45, 7) is 1.96. The smallest absolute Gasteiger partial charge is 0.349 e. The van der Waals surface area contributed by atoms with Gasteiger partial charge in [-0.15, -0.1) is 0 Å². The Kier molecular flexibility index (Phi) is 10.6. The van der Waals surface area contributed by atoms with Gasteiger partial charge in [-0.2, -0.15) is 10.2 Å². The Bertz CT molecular complexity index is 1700. The molecule has 0 aliphatic rings. The molecular weight excluding hydrogens is 582 g/mol. The first-order valence-corrected chi connectivity index (χ1v) is 13.5. The maximum absolute atomic E-state index is 13.5. The highest BCUT2D eigenvalue weighted by atomic mass is 16.6. The van der Waals surface area contributed by atoms with Gasteiger partial charge in [0, 0.05) is 5.69 Å².